The summed E-state index contributed by atoms with van der Waals surface area (Å²) in [5, 5.41) is 2.76. The highest BCUT2D eigenvalue weighted by atomic mass is 32.2. The Balaban J connectivity index is 1.55. The number of aromatic nitrogens is 1. The summed E-state index contributed by atoms with van der Waals surface area (Å²) in [7, 11) is -3.86. The van der Waals surface area contributed by atoms with Gasteiger partial charge in [0.25, 0.3) is 0 Å². The molecule has 7 nitrogen and oxygen atoms in total. The molecule has 0 saturated carbocycles. The van der Waals surface area contributed by atoms with Crippen LogP contribution in [-0.2, 0) is 21.4 Å². The van der Waals surface area contributed by atoms with Gasteiger partial charge < -0.3 is 10.1 Å². The van der Waals surface area contributed by atoms with E-state index in [1.54, 1.807) is 18.5 Å². The molecule has 1 saturated heterocycles. The van der Waals surface area contributed by atoms with Crippen molar-refractivity contribution in [3.63, 3.8) is 0 Å². The molecular formula is C20H20F3N3O4S. The van der Waals surface area contributed by atoms with E-state index in [1.807, 2.05) is 6.07 Å². The molecule has 1 aromatic carbocycles. The fourth-order valence-electron chi connectivity index (χ4n) is 3.05. The quantitative estimate of drug-likeness (QED) is 0.677. The molecule has 0 radical (unpaired) electrons. The molecule has 2 aromatic rings. The van der Waals surface area contributed by atoms with Crippen LogP contribution < -0.4 is 10.1 Å². The van der Waals surface area contributed by atoms with Gasteiger partial charge in [0, 0.05) is 38.1 Å². The maximum absolute atomic E-state index is 12.7. The van der Waals surface area contributed by atoms with Crippen molar-refractivity contribution in [2.24, 2.45) is 0 Å². The molecule has 11 heteroatoms. The van der Waals surface area contributed by atoms with Crippen LogP contribution in [0.5, 0.6) is 5.75 Å². The maximum Gasteiger partial charge on any atom is 0.573 e. The van der Waals surface area contributed by atoms with Crippen molar-refractivity contribution in [3.05, 3.63) is 66.0 Å². The van der Waals surface area contributed by atoms with Gasteiger partial charge in [-0.1, -0.05) is 11.6 Å². The number of hydrogen-bond donors (Lipinski definition) is 1. The van der Waals surface area contributed by atoms with Crippen molar-refractivity contribution in [1.29, 1.82) is 0 Å². The molecule has 31 heavy (non-hydrogen) atoms. The Kier molecular flexibility index (Phi) is 6.96. The number of alkyl halides is 3. The van der Waals surface area contributed by atoms with Crippen LogP contribution in [0.4, 0.5) is 13.2 Å². The predicted molar refractivity (Wildman–Crippen MR) is 105 cm³/mol. The van der Waals surface area contributed by atoms with Gasteiger partial charge in [0.2, 0.25) is 15.9 Å². The number of rotatable bonds is 6. The molecule has 1 fully saturated rings. The second-order valence-corrected chi connectivity index (χ2v) is 8.74. The molecule has 1 aliphatic rings. The van der Waals surface area contributed by atoms with Crippen molar-refractivity contribution in [2.75, 3.05) is 13.1 Å². The first-order chi connectivity index (χ1) is 14.6. The Morgan fingerprint density at radius 1 is 1.16 bits per heavy atom. The zero-order valence-electron chi connectivity index (χ0n) is 16.3. The Hall–Kier alpha value is -2.92. The predicted octanol–water partition coefficient (Wildman–Crippen LogP) is 3.01. The number of piperidine rings is 1. The zero-order valence-corrected chi connectivity index (χ0v) is 17.1. The fraction of sp³-hybridized carbons (Fsp3) is 0.300. The minimum Gasteiger partial charge on any atom is -0.406 e. The molecule has 0 bridgehead atoms. The summed E-state index contributed by atoms with van der Waals surface area (Å²) in [6, 6.07) is 7.68. The molecule has 166 valence electrons. The minimum absolute atomic E-state index is 0.122. The van der Waals surface area contributed by atoms with Crippen LogP contribution >= 0.6 is 0 Å². The van der Waals surface area contributed by atoms with Crippen molar-refractivity contribution >= 4 is 15.9 Å². The molecule has 0 unspecified atom stereocenters. The largest absolute Gasteiger partial charge is 0.573 e. The number of nitrogens with one attached hydrogen (secondary N) is 1. The molecular weight excluding hydrogens is 435 g/mol. The Morgan fingerprint density at radius 3 is 2.42 bits per heavy atom. The van der Waals surface area contributed by atoms with Crippen LogP contribution in [0.3, 0.4) is 0 Å². The van der Waals surface area contributed by atoms with Crippen LogP contribution in [0.25, 0.3) is 0 Å². The number of carbonyl (C=O) groups excluding carboxylic acids is 1. The highest BCUT2D eigenvalue weighted by Crippen LogP contribution is 2.27. The first-order valence-corrected chi connectivity index (χ1v) is 10.8. The second-order valence-electron chi connectivity index (χ2n) is 6.80. The molecule has 0 aliphatic carbocycles. The summed E-state index contributed by atoms with van der Waals surface area (Å²) >= 11 is 0. The molecule has 3 rings (SSSR count). The van der Waals surface area contributed by atoms with Gasteiger partial charge in [-0.2, -0.15) is 4.31 Å². The third-order valence-corrected chi connectivity index (χ3v) is 6.50. The van der Waals surface area contributed by atoms with E-state index in [4.69, 9.17) is 0 Å². The number of benzene rings is 1. The van der Waals surface area contributed by atoms with Crippen molar-refractivity contribution in [2.45, 2.75) is 30.6 Å². The van der Waals surface area contributed by atoms with Gasteiger partial charge in [-0.15, -0.1) is 13.2 Å². The summed E-state index contributed by atoms with van der Waals surface area (Å²) in [6.07, 6.45) is 0.686. The molecule has 0 atom stereocenters. The van der Waals surface area contributed by atoms with Crippen LogP contribution in [0.1, 0.15) is 18.4 Å². The number of carbonyl (C=O) groups is 1. The van der Waals surface area contributed by atoms with Crippen molar-refractivity contribution in [1.82, 2.24) is 14.6 Å². The minimum atomic E-state index is -4.85. The van der Waals surface area contributed by atoms with Crippen molar-refractivity contribution < 1.29 is 31.1 Å². The van der Waals surface area contributed by atoms with Crippen LogP contribution in [0.2, 0.25) is 0 Å². The van der Waals surface area contributed by atoms with Crippen LogP contribution in [0.15, 0.2) is 65.3 Å². The van der Waals surface area contributed by atoms with E-state index in [1.165, 1.54) is 10.4 Å². The number of amides is 1. The lowest BCUT2D eigenvalue weighted by molar-refractivity contribution is -0.274. The number of ether oxygens (including phenoxy) is 1. The number of sulfonamides is 1. The molecule has 1 N–H and O–H groups in total. The number of pyridine rings is 1. The van der Waals surface area contributed by atoms with Gasteiger partial charge in [0.1, 0.15) is 5.75 Å². The monoisotopic (exact) mass is 455 g/mol. The first kappa shape index (κ1) is 22.8. The van der Waals surface area contributed by atoms with Gasteiger partial charge >= 0.3 is 6.36 Å². The van der Waals surface area contributed by atoms with E-state index in [2.05, 4.69) is 15.0 Å². The van der Waals surface area contributed by atoms with Crippen LogP contribution in [-0.4, -0.2) is 43.1 Å². The maximum atomic E-state index is 12.7. The SMILES string of the molecule is O=C(C=C1CCN(S(=O)(=O)c2ccc(OC(F)(F)F)cc2)CC1)NCc1cccnc1. The van der Waals surface area contributed by atoms with E-state index < -0.39 is 22.1 Å². The number of nitrogens with zero attached hydrogens (tertiary/aromatic N) is 2. The van der Waals surface area contributed by atoms with E-state index in [0.29, 0.717) is 19.4 Å². The van der Waals surface area contributed by atoms with E-state index >= 15 is 0 Å². The summed E-state index contributed by atoms with van der Waals surface area (Å²) < 4.78 is 67.2. The lowest BCUT2D eigenvalue weighted by Crippen LogP contribution is -2.36. The van der Waals surface area contributed by atoms with Crippen molar-refractivity contribution in [3.8, 4) is 5.75 Å². The summed E-state index contributed by atoms with van der Waals surface area (Å²) in [5.41, 5.74) is 1.69. The van der Waals surface area contributed by atoms with Gasteiger partial charge in [-0.25, -0.2) is 8.42 Å². The fourth-order valence-corrected chi connectivity index (χ4v) is 4.49. The van der Waals surface area contributed by atoms with Gasteiger partial charge in [-0.3, -0.25) is 9.78 Å². The highest BCUT2D eigenvalue weighted by Gasteiger charge is 2.32. The van der Waals surface area contributed by atoms with Gasteiger partial charge in [-0.05, 0) is 48.7 Å². The van der Waals surface area contributed by atoms with Gasteiger partial charge in [0.15, 0.2) is 0 Å². The number of hydrogen-bond acceptors (Lipinski definition) is 5. The Labute approximate surface area is 177 Å². The zero-order chi connectivity index (χ0) is 22.5. The molecule has 1 aromatic heterocycles. The lowest BCUT2D eigenvalue weighted by atomic mass is 10.1. The second kappa shape index (κ2) is 9.48. The summed E-state index contributed by atoms with van der Waals surface area (Å²) in [6.45, 7) is 0.681. The first-order valence-electron chi connectivity index (χ1n) is 9.36. The Bertz CT molecular complexity index is 1030. The molecule has 2 heterocycles. The van der Waals surface area contributed by atoms with Crippen LogP contribution in [0, 0.1) is 0 Å². The normalized spacial score (nSPS) is 15.4. The average Bonchev–Trinajstić information content (AvgIpc) is 2.73. The molecule has 0 spiro atoms. The van der Waals surface area contributed by atoms with Gasteiger partial charge in [0.05, 0.1) is 4.90 Å². The molecule has 1 aliphatic heterocycles. The smallest absolute Gasteiger partial charge is 0.406 e. The summed E-state index contributed by atoms with van der Waals surface area (Å²) in [5.74, 6) is -0.761. The third-order valence-electron chi connectivity index (χ3n) is 4.58. The average molecular weight is 455 g/mol. The Morgan fingerprint density at radius 2 is 1.84 bits per heavy atom. The van der Waals surface area contributed by atoms with E-state index in [0.717, 1.165) is 35.4 Å². The molecule has 1 amide bonds. The third kappa shape index (κ3) is 6.53. The standard InChI is InChI=1S/C20H20F3N3O4S/c21-20(22,23)30-17-3-5-18(6-4-17)31(28,29)26-10-7-15(8-11-26)12-19(27)25-14-16-2-1-9-24-13-16/h1-6,9,12-13H,7-8,10-11,14H2,(H,25,27). The highest BCUT2D eigenvalue weighted by molar-refractivity contribution is 7.89. The van der Waals surface area contributed by atoms with E-state index in [-0.39, 0.29) is 23.9 Å². The number of halogens is 3. The lowest BCUT2D eigenvalue weighted by Gasteiger charge is -2.27. The topological polar surface area (TPSA) is 88.6 Å². The summed E-state index contributed by atoms with van der Waals surface area (Å²) in [4.78, 5) is 15.9. The van der Waals surface area contributed by atoms with E-state index in [9.17, 15) is 26.4 Å².